The fraction of sp³-hybridized carbons (Fsp3) is 0.423. The first-order chi connectivity index (χ1) is 15.8. The number of carbonyl (C=O) groups is 2. The van der Waals surface area contributed by atoms with E-state index in [0.29, 0.717) is 52.2 Å². The lowest BCUT2D eigenvalue weighted by Gasteiger charge is -2.25. The number of hydrogen-bond donors (Lipinski definition) is 2. The van der Waals surface area contributed by atoms with Crippen LogP contribution in [0, 0.1) is 26.6 Å². The van der Waals surface area contributed by atoms with Gasteiger partial charge in [-0.25, -0.2) is 4.39 Å². The van der Waals surface area contributed by atoms with Gasteiger partial charge in [0.05, 0.1) is 13.0 Å². The number of benzene rings is 1. The van der Waals surface area contributed by atoms with Gasteiger partial charge >= 0.3 is 5.97 Å². The summed E-state index contributed by atoms with van der Waals surface area (Å²) < 4.78 is 20.8. The van der Waals surface area contributed by atoms with Gasteiger partial charge in [0, 0.05) is 33.4 Å². The summed E-state index contributed by atoms with van der Waals surface area (Å²) in [6, 6.07) is 1.41. The minimum Gasteiger partial charge on any atom is -0.490 e. The maximum Gasteiger partial charge on any atom is 0.307 e. The van der Waals surface area contributed by atoms with Crippen LogP contribution in [-0.4, -0.2) is 33.9 Å². The van der Waals surface area contributed by atoms with Gasteiger partial charge in [0.25, 0.3) is 0 Å². The number of rotatable bonds is 6. The van der Waals surface area contributed by atoms with Crippen LogP contribution in [0.15, 0.2) is 11.6 Å². The van der Waals surface area contributed by atoms with E-state index in [-0.39, 0.29) is 18.1 Å². The van der Waals surface area contributed by atoms with Crippen molar-refractivity contribution in [2.24, 2.45) is 0 Å². The van der Waals surface area contributed by atoms with Gasteiger partial charge < -0.3 is 15.2 Å². The van der Waals surface area contributed by atoms with Gasteiger partial charge in [-0.15, -0.1) is 9.24 Å². The first-order valence-electron chi connectivity index (χ1n) is 11.3. The van der Waals surface area contributed by atoms with E-state index in [2.05, 4.69) is 19.5 Å². The summed E-state index contributed by atoms with van der Waals surface area (Å²) in [5, 5.41) is 12.0. The third kappa shape index (κ3) is 5.47. The number of carboxylic acids is 1. The summed E-state index contributed by atoms with van der Waals surface area (Å²) in [4.78, 5) is 29.1. The van der Waals surface area contributed by atoms with Gasteiger partial charge in [-0.2, -0.15) is 0 Å². The lowest BCUT2D eigenvalue weighted by Crippen LogP contribution is -2.38. The number of aliphatic carboxylic acids is 1. The predicted molar refractivity (Wildman–Crippen MR) is 135 cm³/mol. The Morgan fingerprint density at radius 1 is 1.29 bits per heavy atom. The lowest BCUT2D eigenvalue weighted by molar-refractivity contribution is -0.136. The molecule has 2 heterocycles. The van der Waals surface area contributed by atoms with Crippen molar-refractivity contribution < 1.29 is 23.8 Å². The highest BCUT2D eigenvalue weighted by Crippen LogP contribution is 2.41. The lowest BCUT2D eigenvalue weighted by atomic mass is 9.85. The van der Waals surface area contributed by atoms with Crippen LogP contribution in [0.4, 0.5) is 4.39 Å². The topological polar surface area (TPSA) is 88.5 Å². The Kier molecular flexibility index (Phi) is 7.47. The van der Waals surface area contributed by atoms with Crippen LogP contribution in [0.1, 0.15) is 60.8 Å². The molecule has 1 aliphatic heterocycles. The maximum absolute atomic E-state index is 15.2. The van der Waals surface area contributed by atoms with Crippen LogP contribution in [0.25, 0.3) is 17.2 Å². The second-order valence-corrected chi connectivity index (χ2v) is 10.9. The van der Waals surface area contributed by atoms with Crippen molar-refractivity contribution in [3.63, 3.8) is 0 Å². The highest BCUT2D eigenvalue weighted by atomic mass is 31.0. The number of carboxylic acid groups (broad SMARTS) is 1. The van der Waals surface area contributed by atoms with E-state index in [0.717, 1.165) is 17.5 Å². The Balaban J connectivity index is 2.33. The number of fused-ring (bicyclic) bond motifs is 1. The molecular formula is C26H32FN2O4P. The molecular weight excluding hydrogens is 454 g/mol. The largest absolute Gasteiger partial charge is 0.490 e. The molecule has 34 heavy (non-hydrogen) atoms. The zero-order valence-electron chi connectivity index (χ0n) is 20.6. The van der Waals surface area contributed by atoms with Crippen LogP contribution in [0.3, 0.4) is 0 Å². The maximum atomic E-state index is 15.2. The summed E-state index contributed by atoms with van der Waals surface area (Å²) >= 11 is 0. The minimum absolute atomic E-state index is 0.257. The molecule has 0 fully saturated rings. The normalized spacial score (nSPS) is 13.8. The van der Waals surface area contributed by atoms with E-state index >= 15 is 4.39 Å². The molecule has 182 valence electrons. The number of halogens is 1. The molecule has 3 rings (SSSR count). The standard InChI is InChI=1S/C26H32FN2O4P/c1-13(25(32)29-26(5,6)34)10-19-15(3)28-16(4)20(12-22(30)31)23(19)18-11-21(27)24-17(14(18)2)8-7-9-33-24/h10-11H,7-9,12,34H2,1-6H3,(H,29,32)(H,30,31)/b13-10+. The number of carbonyl (C=O) groups excluding carboxylic acids is 1. The number of aromatic nitrogens is 1. The van der Waals surface area contributed by atoms with Gasteiger partial charge in [-0.05, 0) is 88.8 Å². The fourth-order valence-corrected chi connectivity index (χ4v) is 4.48. The number of nitrogens with one attached hydrogen (secondary N) is 1. The molecule has 0 saturated heterocycles. The number of amides is 1. The molecule has 0 spiro atoms. The first-order valence-corrected chi connectivity index (χ1v) is 11.8. The second kappa shape index (κ2) is 9.83. The van der Waals surface area contributed by atoms with Crippen molar-refractivity contribution in [3.8, 4) is 16.9 Å². The molecule has 2 aromatic rings. The van der Waals surface area contributed by atoms with Gasteiger partial charge in [0.15, 0.2) is 11.6 Å². The molecule has 1 amide bonds. The van der Waals surface area contributed by atoms with E-state index in [4.69, 9.17) is 4.74 Å². The second-order valence-electron chi connectivity index (χ2n) is 9.41. The fourth-order valence-electron chi connectivity index (χ4n) is 4.35. The van der Waals surface area contributed by atoms with Crippen molar-refractivity contribution >= 4 is 27.2 Å². The van der Waals surface area contributed by atoms with Crippen LogP contribution >= 0.6 is 9.24 Å². The van der Waals surface area contributed by atoms with Crippen molar-refractivity contribution in [2.45, 2.75) is 66.1 Å². The molecule has 0 saturated carbocycles. The molecule has 0 bridgehead atoms. The van der Waals surface area contributed by atoms with E-state index in [1.54, 1.807) is 19.9 Å². The van der Waals surface area contributed by atoms with Gasteiger partial charge in [-0.1, -0.05) is 0 Å². The van der Waals surface area contributed by atoms with Crippen molar-refractivity contribution in [1.29, 1.82) is 0 Å². The molecule has 1 aliphatic rings. The van der Waals surface area contributed by atoms with Gasteiger partial charge in [0.2, 0.25) is 5.91 Å². The first kappa shape index (κ1) is 25.8. The molecule has 6 nitrogen and oxygen atoms in total. The summed E-state index contributed by atoms with van der Waals surface area (Å²) in [6.45, 7) is 11.4. The number of hydrogen-bond acceptors (Lipinski definition) is 4. The Hall–Kier alpha value is -2.79. The average Bonchev–Trinajstić information content (AvgIpc) is 2.73. The highest BCUT2D eigenvalue weighted by Gasteiger charge is 2.26. The monoisotopic (exact) mass is 486 g/mol. The minimum atomic E-state index is -1.01. The molecule has 1 aromatic carbocycles. The third-order valence-electron chi connectivity index (χ3n) is 5.92. The number of aryl methyl sites for hydroxylation is 2. The smallest absolute Gasteiger partial charge is 0.307 e. The van der Waals surface area contributed by atoms with E-state index in [1.807, 2.05) is 27.7 Å². The molecule has 8 heteroatoms. The Bertz CT molecular complexity index is 1200. The summed E-state index contributed by atoms with van der Waals surface area (Å²) in [5.41, 5.74) is 5.57. The Labute approximate surface area is 202 Å². The number of ether oxygens (including phenoxy) is 1. The number of pyridine rings is 1. The van der Waals surface area contributed by atoms with Gasteiger partial charge in [0.1, 0.15) is 0 Å². The van der Waals surface area contributed by atoms with Crippen LogP contribution in [0.2, 0.25) is 0 Å². The summed E-state index contributed by atoms with van der Waals surface area (Å²) in [6.07, 6.45) is 2.90. The van der Waals surface area contributed by atoms with E-state index < -0.39 is 17.1 Å². The van der Waals surface area contributed by atoms with Crippen LogP contribution in [-0.2, 0) is 22.4 Å². The molecule has 0 radical (unpaired) electrons. The Morgan fingerprint density at radius 2 is 1.97 bits per heavy atom. The predicted octanol–water partition coefficient (Wildman–Crippen LogP) is 4.90. The molecule has 1 unspecified atom stereocenters. The van der Waals surface area contributed by atoms with E-state index in [1.165, 1.54) is 6.07 Å². The molecule has 2 N–H and O–H groups in total. The van der Waals surface area contributed by atoms with Crippen LogP contribution in [0.5, 0.6) is 5.75 Å². The highest BCUT2D eigenvalue weighted by molar-refractivity contribution is 7.18. The van der Waals surface area contributed by atoms with Crippen molar-refractivity contribution in [2.75, 3.05) is 6.61 Å². The van der Waals surface area contributed by atoms with Crippen molar-refractivity contribution in [1.82, 2.24) is 10.3 Å². The van der Waals surface area contributed by atoms with Gasteiger partial charge in [-0.3, -0.25) is 14.6 Å². The van der Waals surface area contributed by atoms with E-state index in [9.17, 15) is 14.7 Å². The Morgan fingerprint density at radius 3 is 2.59 bits per heavy atom. The average molecular weight is 487 g/mol. The number of nitrogens with zero attached hydrogens (tertiary/aromatic N) is 1. The summed E-state index contributed by atoms with van der Waals surface area (Å²) in [7, 11) is 2.57. The zero-order chi connectivity index (χ0) is 25.4. The molecule has 0 aliphatic carbocycles. The van der Waals surface area contributed by atoms with Crippen molar-refractivity contribution in [3.05, 3.63) is 51.1 Å². The summed E-state index contributed by atoms with van der Waals surface area (Å²) in [5.74, 6) is -1.47. The molecule has 1 atom stereocenters. The molecule has 1 aromatic heterocycles. The third-order valence-corrected chi connectivity index (χ3v) is 6.07. The quantitative estimate of drug-likeness (QED) is 0.448. The van der Waals surface area contributed by atoms with Crippen LogP contribution < -0.4 is 10.1 Å². The zero-order valence-corrected chi connectivity index (χ0v) is 21.7. The SMILES string of the molecule is C/C(=C\c1c(C)nc(C)c(CC(=O)O)c1-c1cc(F)c2c(c1C)CCCO2)C(=O)NC(C)(C)P.